The van der Waals surface area contributed by atoms with Crippen LogP contribution in [0.1, 0.15) is 17.7 Å². The van der Waals surface area contributed by atoms with E-state index in [0.29, 0.717) is 18.4 Å². The number of rotatable bonds is 5. The molecule has 0 amide bonds. The molecule has 0 saturated carbocycles. The highest BCUT2D eigenvalue weighted by Gasteiger charge is 2.09. The van der Waals surface area contributed by atoms with Crippen LogP contribution in [-0.2, 0) is 17.6 Å². The van der Waals surface area contributed by atoms with Gasteiger partial charge in [0.2, 0.25) is 0 Å². The highest BCUT2D eigenvalue weighted by molar-refractivity contribution is 9.10. The van der Waals surface area contributed by atoms with E-state index >= 15 is 0 Å². The van der Waals surface area contributed by atoms with Gasteiger partial charge in [0.25, 0.3) is 0 Å². The molecular formula is C14H12BrFO2. The second-order valence-electron chi connectivity index (χ2n) is 4.03. The van der Waals surface area contributed by atoms with E-state index in [4.69, 9.17) is 4.42 Å². The molecule has 0 fully saturated rings. The minimum absolute atomic E-state index is 0.0673. The molecule has 1 aromatic heterocycles. The lowest BCUT2D eigenvalue weighted by Gasteiger charge is -2.03. The van der Waals surface area contributed by atoms with Gasteiger partial charge in [-0.25, -0.2) is 4.39 Å². The Balaban J connectivity index is 1.92. The van der Waals surface area contributed by atoms with Crippen molar-refractivity contribution in [2.45, 2.75) is 19.3 Å². The van der Waals surface area contributed by atoms with Crippen LogP contribution in [0.5, 0.6) is 0 Å². The minimum Gasteiger partial charge on any atom is -0.469 e. The first-order chi connectivity index (χ1) is 8.65. The summed E-state index contributed by atoms with van der Waals surface area (Å²) in [5.74, 6) is 0.534. The summed E-state index contributed by atoms with van der Waals surface area (Å²) in [5.41, 5.74) is 0.680. The summed E-state index contributed by atoms with van der Waals surface area (Å²) in [7, 11) is 0. The van der Waals surface area contributed by atoms with Gasteiger partial charge >= 0.3 is 0 Å². The highest BCUT2D eigenvalue weighted by atomic mass is 79.9. The van der Waals surface area contributed by atoms with Gasteiger partial charge in [0, 0.05) is 23.7 Å². The predicted octanol–water partition coefficient (Wildman–Crippen LogP) is 3.93. The Bertz CT molecular complexity index is 535. The third kappa shape index (κ3) is 3.53. The van der Waals surface area contributed by atoms with Crippen LogP contribution in [0.25, 0.3) is 0 Å². The Hall–Kier alpha value is -1.42. The standard InChI is InChI=1S/C14H12BrFO2/c15-14-6-3-11(16)8-10(14)9-12(17)4-5-13-2-1-7-18-13/h1-3,6-8H,4-5,9H2. The molecule has 0 aliphatic carbocycles. The van der Waals surface area contributed by atoms with Gasteiger partial charge in [-0.1, -0.05) is 15.9 Å². The fourth-order valence-corrected chi connectivity index (χ4v) is 2.08. The first-order valence-corrected chi connectivity index (χ1v) is 6.42. The van der Waals surface area contributed by atoms with E-state index in [1.807, 2.05) is 6.07 Å². The van der Waals surface area contributed by atoms with Crippen LogP contribution < -0.4 is 0 Å². The quantitative estimate of drug-likeness (QED) is 0.837. The largest absolute Gasteiger partial charge is 0.469 e. The van der Waals surface area contributed by atoms with E-state index < -0.39 is 0 Å². The lowest BCUT2D eigenvalue weighted by atomic mass is 10.1. The predicted molar refractivity (Wildman–Crippen MR) is 69.8 cm³/mol. The van der Waals surface area contributed by atoms with E-state index in [9.17, 15) is 9.18 Å². The van der Waals surface area contributed by atoms with Gasteiger partial charge in [-0.2, -0.15) is 0 Å². The summed E-state index contributed by atoms with van der Waals surface area (Å²) in [4.78, 5) is 11.8. The second kappa shape index (κ2) is 5.96. The maximum atomic E-state index is 13.1. The Morgan fingerprint density at radius 1 is 1.33 bits per heavy atom. The summed E-state index contributed by atoms with van der Waals surface area (Å²) in [6.45, 7) is 0. The van der Waals surface area contributed by atoms with E-state index in [0.717, 1.165) is 10.2 Å². The normalized spacial score (nSPS) is 10.6. The van der Waals surface area contributed by atoms with Crippen LogP contribution in [-0.4, -0.2) is 5.78 Å². The average Bonchev–Trinajstić information content (AvgIpc) is 2.84. The lowest BCUT2D eigenvalue weighted by molar-refractivity contribution is -0.118. The van der Waals surface area contributed by atoms with Gasteiger partial charge in [-0.05, 0) is 35.9 Å². The Labute approximate surface area is 113 Å². The monoisotopic (exact) mass is 310 g/mol. The number of furan rings is 1. The van der Waals surface area contributed by atoms with Crippen molar-refractivity contribution in [1.82, 2.24) is 0 Å². The molecular weight excluding hydrogens is 299 g/mol. The van der Waals surface area contributed by atoms with Crippen molar-refractivity contribution in [2.75, 3.05) is 0 Å². The summed E-state index contributed by atoms with van der Waals surface area (Å²) in [6, 6.07) is 7.99. The molecule has 0 atom stereocenters. The van der Waals surface area contributed by atoms with Gasteiger partial charge in [0.1, 0.15) is 17.4 Å². The minimum atomic E-state index is -0.327. The molecule has 0 N–H and O–H groups in total. The first-order valence-electron chi connectivity index (χ1n) is 5.63. The van der Waals surface area contributed by atoms with Crippen LogP contribution in [0.15, 0.2) is 45.5 Å². The van der Waals surface area contributed by atoms with Crippen LogP contribution in [0.4, 0.5) is 4.39 Å². The van der Waals surface area contributed by atoms with Crippen molar-refractivity contribution in [3.8, 4) is 0 Å². The number of carbonyl (C=O) groups excluding carboxylic acids is 1. The summed E-state index contributed by atoms with van der Waals surface area (Å²) in [6.07, 6.45) is 2.80. The van der Waals surface area contributed by atoms with Gasteiger partial charge in [-0.15, -0.1) is 0 Å². The average molecular weight is 311 g/mol. The Kier molecular flexibility index (Phi) is 4.31. The summed E-state index contributed by atoms with van der Waals surface area (Å²) < 4.78 is 19.0. The molecule has 1 aromatic carbocycles. The van der Waals surface area contributed by atoms with E-state index in [1.165, 1.54) is 12.1 Å². The van der Waals surface area contributed by atoms with Crippen LogP contribution >= 0.6 is 15.9 Å². The number of ketones is 1. The SMILES string of the molecule is O=C(CCc1ccco1)Cc1cc(F)ccc1Br. The maximum absolute atomic E-state index is 13.1. The fraction of sp³-hybridized carbons (Fsp3) is 0.214. The molecule has 0 radical (unpaired) electrons. The van der Waals surface area contributed by atoms with Crippen LogP contribution in [0.3, 0.4) is 0 Å². The summed E-state index contributed by atoms with van der Waals surface area (Å²) >= 11 is 3.31. The number of aryl methyl sites for hydroxylation is 1. The van der Waals surface area contributed by atoms with Crippen molar-refractivity contribution in [1.29, 1.82) is 0 Å². The number of halogens is 2. The van der Waals surface area contributed by atoms with Crippen molar-refractivity contribution < 1.29 is 13.6 Å². The zero-order valence-corrected chi connectivity index (χ0v) is 11.2. The lowest BCUT2D eigenvalue weighted by Crippen LogP contribution is -2.05. The third-order valence-electron chi connectivity index (χ3n) is 2.63. The van der Waals surface area contributed by atoms with Gasteiger partial charge in [0.15, 0.2) is 0 Å². The third-order valence-corrected chi connectivity index (χ3v) is 3.40. The molecule has 94 valence electrons. The summed E-state index contributed by atoms with van der Waals surface area (Å²) in [5, 5.41) is 0. The van der Waals surface area contributed by atoms with Gasteiger partial charge in [-0.3, -0.25) is 4.79 Å². The molecule has 0 unspecified atom stereocenters. The smallest absolute Gasteiger partial charge is 0.137 e. The van der Waals surface area contributed by atoms with Crippen molar-refractivity contribution in [3.63, 3.8) is 0 Å². The van der Waals surface area contributed by atoms with Crippen molar-refractivity contribution >= 4 is 21.7 Å². The molecule has 0 saturated heterocycles. The maximum Gasteiger partial charge on any atom is 0.137 e. The molecule has 2 rings (SSSR count). The van der Waals surface area contributed by atoms with E-state index in [-0.39, 0.29) is 18.0 Å². The highest BCUT2D eigenvalue weighted by Crippen LogP contribution is 2.19. The fourth-order valence-electron chi connectivity index (χ4n) is 1.70. The molecule has 0 spiro atoms. The van der Waals surface area contributed by atoms with Crippen molar-refractivity contribution in [2.24, 2.45) is 0 Å². The molecule has 1 heterocycles. The molecule has 18 heavy (non-hydrogen) atoms. The number of hydrogen-bond donors (Lipinski definition) is 0. The van der Waals surface area contributed by atoms with Crippen molar-refractivity contribution in [3.05, 3.63) is 58.2 Å². The number of carbonyl (C=O) groups is 1. The molecule has 2 nitrogen and oxygen atoms in total. The van der Waals surface area contributed by atoms with Gasteiger partial charge < -0.3 is 4.42 Å². The zero-order valence-electron chi connectivity index (χ0n) is 9.66. The first kappa shape index (κ1) is 13.0. The zero-order chi connectivity index (χ0) is 13.0. The van der Waals surface area contributed by atoms with Crippen LogP contribution in [0.2, 0.25) is 0 Å². The van der Waals surface area contributed by atoms with E-state index in [1.54, 1.807) is 18.4 Å². The molecule has 0 aliphatic rings. The Morgan fingerprint density at radius 3 is 2.89 bits per heavy atom. The Morgan fingerprint density at radius 2 is 2.17 bits per heavy atom. The number of Topliss-reactive ketones (excluding diaryl/α,β-unsaturated/α-hetero) is 1. The molecule has 2 aromatic rings. The molecule has 4 heteroatoms. The topological polar surface area (TPSA) is 30.2 Å². The number of hydrogen-bond acceptors (Lipinski definition) is 2. The molecule has 0 bridgehead atoms. The van der Waals surface area contributed by atoms with E-state index in [2.05, 4.69) is 15.9 Å². The number of benzene rings is 1. The second-order valence-corrected chi connectivity index (χ2v) is 4.88. The van der Waals surface area contributed by atoms with Gasteiger partial charge in [0.05, 0.1) is 6.26 Å². The van der Waals surface area contributed by atoms with Crippen LogP contribution in [0, 0.1) is 5.82 Å². The molecule has 0 aliphatic heterocycles.